The van der Waals surface area contributed by atoms with E-state index in [1.165, 1.54) is 4.68 Å². The number of nitrogens with zero attached hydrogens (tertiary/aromatic N) is 3. The number of halogens is 1. The molecule has 62 valence electrons. The molecule has 0 aliphatic carbocycles. The Morgan fingerprint density at radius 3 is 2.09 bits per heavy atom. The van der Waals surface area contributed by atoms with Crippen LogP contribution >= 0.6 is 0 Å². The van der Waals surface area contributed by atoms with Gasteiger partial charge in [-0.05, 0) is 0 Å². The van der Waals surface area contributed by atoms with Crippen LogP contribution in [0.1, 0.15) is 26.6 Å². The van der Waals surface area contributed by atoms with Crippen molar-refractivity contribution in [3.8, 4) is 0 Å². The zero-order valence-corrected chi connectivity index (χ0v) is 7.22. The lowest BCUT2D eigenvalue weighted by Crippen LogP contribution is -2.17. The van der Waals surface area contributed by atoms with Crippen molar-refractivity contribution in [3.63, 3.8) is 0 Å². The van der Waals surface area contributed by atoms with Crippen LogP contribution in [-0.4, -0.2) is 14.8 Å². The number of hydrogen-bond acceptors (Lipinski definition) is 2. The summed E-state index contributed by atoms with van der Waals surface area (Å²) in [6.45, 7) is 5.91. The van der Waals surface area contributed by atoms with E-state index in [1.54, 1.807) is 7.05 Å². The molecule has 1 rings (SSSR count). The molecule has 0 unspecified atom stereocenters. The molecule has 0 fully saturated rings. The molecule has 0 bridgehead atoms. The fraction of sp³-hybridized carbons (Fsp3) is 0.714. The van der Waals surface area contributed by atoms with E-state index in [4.69, 9.17) is 0 Å². The number of aromatic nitrogens is 3. The molecule has 0 radical (unpaired) electrons. The van der Waals surface area contributed by atoms with Gasteiger partial charge in [0.25, 0.3) is 0 Å². The van der Waals surface area contributed by atoms with Gasteiger partial charge in [0.15, 0.2) is 0 Å². The van der Waals surface area contributed by atoms with Gasteiger partial charge in [0.1, 0.15) is 5.82 Å². The maximum atomic E-state index is 12.5. The van der Waals surface area contributed by atoms with Crippen LogP contribution in [0.25, 0.3) is 0 Å². The van der Waals surface area contributed by atoms with Crippen molar-refractivity contribution in [2.24, 2.45) is 7.05 Å². The van der Waals surface area contributed by atoms with Crippen molar-refractivity contribution in [2.45, 2.75) is 26.2 Å². The number of hydrogen-bond donors (Lipinski definition) is 0. The van der Waals surface area contributed by atoms with Crippen LogP contribution in [0.15, 0.2) is 0 Å². The third-order valence-corrected chi connectivity index (χ3v) is 1.41. The minimum absolute atomic E-state index is 0.147. The monoisotopic (exact) mass is 157 g/mol. The Hall–Kier alpha value is -0.930. The molecule has 0 aliphatic heterocycles. The van der Waals surface area contributed by atoms with Crippen LogP contribution in [0.2, 0.25) is 0 Å². The lowest BCUT2D eigenvalue weighted by atomic mass is 9.96. The Morgan fingerprint density at radius 1 is 1.36 bits per heavy atom. The van der Waals surface area contributed by atoms with Crippen molar-refractivity contribution >= 4 is 0 Å². The number of aryl methyl sites for hydroxylation is 1. The normalized spacial score (nSPS) is 12.1. The average molecular weight is 157 g/mol. The first-order chi connectivity index (χ1) is 4.91. The quantitative estimate of drug-likeness (QED) is 0.567. The highest BCUT2D eigenvalue weighted by atomic mass is 19.1. The molecule has 1 aromatic heterocycles. The van der Waals surface area contributed by atoms with E-state index >= 15 is 0 Å². The minimum atomic E-state index is -0.655. The molecule has 1 heterocycles. The van der Waals surface area contributed by atoms with Crippen LogP contribution in [0, 0.1) is 6.08 Å². The molecule has 0 saturated carbocycles. The number of rotatable bonds is 0. The van der Waals surface area contributed by atoms with Gasteiger partial charge in [-0.3, -0.25) is 0 Å². The Labute approximate surface area is 65.2 Å². The van der Waals surface area contributed by atoms with Crippen molar-refractivity contribution < 1.29 is 4.39 Å². The lowest BCUT2D eigenvalue weighted by Gasteiger charge is -2.15. The minimum Gasteiger partial charge on any atom is -0.250 e. The van der Waals surface area contributed by atoms with Crippen LogP contribution < -0.4 is 0 Å². The van der Waals surface area contributed by atoms with E-state index in [-0.39, 0.29) is 5.41 Å². The Morgan fingerprint density at radius 2 is 1.91 bits per heavy atom. The molecule has 0 saturated heterocycles. The highest BCUT2D eigenvalue weighted by Gasteiger charge is 2.20. The second kappa shape index (κ2) is 2.29. The molecule has 0 aromatic carbocycles. The smallest absolute Gasteiger partial charge is 0.250 e. The van der Waals surface area contributed by atoms with Gasteiger partial charge < -0.3 is 0 Å². The summed E-state index contributed by atoms with van der Waals surface area (Å²) in [7, 11) is 1.69. The Bertz CT molecular complexity index is 259. The molecule has 1 aromatic rings. The van der Waals surface area contributed by atoms with E-state index in [1.807, 2.05) is 20.8 Å². The van der Waals surface area contributed by atoms with E-state index in [0.717, 1.165) is 0 Å². The van der Waals surface area contributed by atoms with Crippen LogP contribution in [0.5, 0.6) is 0 Å². The fourth-order valence-corrected chi connectivity index (χ4v) is 1.01. The van der Waals surface area contributed by atoms with Gasteiger partial charge >= 0.3 is 6.08 Å². The van der Waals surface area contributed by atoms with Crippen LogP contribution in [0.4, 0.5) is 4.39 Å². The largest absolute Gasteiger partial charge is 0.327 e. The highest BCUT2D eigenvalue weighted by Crippen LogP contribution is 2.18. The molecular weight excluding hydrogens is 145 g/mol. The first-order valence-corrected chi connectivity index (χ1v) is 3.48. The van der Waals surface area contributed by atoms with Gasteiger partial charge in [-0.1, -0.05) is 20.8 Å². The maximum Gasteiger partial charge on any atom is 0.327 e. The topological polar surface area (TPSA) is 30.7 Å². The highest BCUT2D eigenvalue weighted by molar-refractivity contribution is 5.00. The van der Waals surface area contributed by atoms with Gasteiger partial charge in [0.05, 0.1) is 0 Å². The lowest BCUT2D eigenvalue weighted by molar-refractivity contribution is 0.506. The van der Waals surface area contributed by atoms with Crippen LogP contribution in [-0.2, 0) is 12.5 Å². The summed E-state index contributed by atoms with van der Waals surface area (Å²) in [5.74, 6) is 0.662. The summed E-state index contributed by atoms with van der Waals surface area (Å²) in [4.78, 5) is 3.67. The molecule has 0 spiro atoms. The SMILES string of the molecule is Cn1nc(F)nc1C(C)(C)C. The molecule has 3 nitrogen and oxygen atoms in total. The second-order valence-corrected chi connectivity index (χ2v) is 3.58. The van der Waals surface area contributed by atoms with Crippen molar-refractivity contribution in [2.75, 3.05) is 0 Å². The van der Waals surface area contributed by atoms with Crippen molar-refractivity contribution in [3.05, 3.63) is 11.9 Å². The third-order valence-electron chi connectivity index (χ3n) is 1.41. The molecule has 0 atom stereocenters. The molecule has 11 heavy (non-hydrogen) atoms. The average Bonchev–Trinajstić information content (AvgIpc) is 2.08. The first kappa shape index (κ1) is 8.17. The van der Waals surface area contributed by atoms with Gasteiger partial charge in [-0.15, -0.1) is 5.10 Å². The molecular formula is C7H12FN3. The predicted molar refractivity (Wildman–Crippen MR) is 39.7 cm³/mol. The molecule has 0 aliphatic rings. The Balaban J connectivity index is 3.13. The van der Waals surface area contributed by atoms with Crippen LogP contribution in [0.3, 0.4) is 0 Å². The van der Waals surface area contributed by atoms with Gasteiger partial charge in [0.2, 0.25) is 0 Å². The van der Waals surface area contributed by atoms with Crippen molar-refractivity contribution in [1.82, 2.24) is 14.8 Å². The third kappa shape index (κ3) is 1.56. The summed E-state index contributed by atoms with van der Waals surface area (Å²) < 4.78 is 13.9. The maximum absolute atomic E-state index is 12.5. The van der Waals surface area contributed by atoms with Gasteiger partial charge in [-0.25, -0.2) is 4.68 Å². The fourth-order valence-electron chi connectivity index (χ4n) is 1.01. The van der Waals surface area contributed by atoms with E-state index in [2.05, 4.69) is 10.1 Å². The van der Waals surface area contributed by atoms with E-state index in [0.29, 0.717) is 5.82 Å². The first-order valence-electron chi connectivity index (χ1n) is 3.48. The van der Waals surface area contributed by atoms with E-state index in [9.17, 15) is 4.39 Å². The van der Waals surface area contributed by atoms with Gasteiger partial charge in [0, 0.05) is 12.5 Å². The van der Waals surface area contributed by atoms with Gasteiger partial charge in [-0.2, -0.15) is 9.37 Å². The van der Waals surface area contributed by atoms with Crippen molar-refractivity contribution in [1.29, 1.82) is 0 Å². The molecule has 4 heteroatoms. The summed E-state index contributed by atoms with van der Waals surface area (Å²) in [6.07, 6.45) is -0.655. The van der Waals surface area contributed by atoms with E-state index < -0.39 is 6.08 Å². The summed E-state index contributed by atoms with van der Waals surface area (Å²) in [6, 6.07) is 0. The summed E-state index contributed by atoms with van der Waals surface area (Å²) >= 11 is 0. The Kier molecular flexibility index (Phi) is 1.70. The molecule has 0 N–H and O–H groups in total. The second-order valence-electron chi connectivity index (χ2n) is 3.58. The predicted octanol–water partition coefficient (Wildman–Crippen LogP) is 1.25. The zero-order chi connectivity index (χ0) is 8.65. The summed E-state index contributed by atoms with van der Waals surface area (Å²) in [5, 5.41) is 3.52. The zero-order valence-electron chi connectivity index (χ0n) is 7.22. The molecule has 0 amide bonds. The summed E-state index contributed by atoms with van der Waals surface area (Å²) in [5.41, 5.74) is -0.147. The standard InChI is InChI=1S/C7H12FN3/c1-7(2,3)5-9-6(8)10-11(5)4/h1-4H3.